The molecule has 0 unspecified atom stereocenters. The van der Waals surface area contributed by atoms with Gasteiger partial charge in [0, 0.05) is 24.6 Å². The Hall–Kier alpha value is -2.43. The Morgan fingerprint density at radius 3 is 2.62 bits per heavy atom. The molecule has 0 spiro atoms. The summed E-state index contributed by atoms with van der Waals surface area (Å²) in [6.07, 6.45) is 8.28. The number of hydrogen-bond donors (Lipinski definition) is 1. The van der Waals surface area contributed by atoms with E-state index in [4.69, 9.17) is 0 Å². The molecule has 2 aliphatic rings. The van der Waals surface area contributed by atoms with Gasteiger partial charge in [-0.3, -0.25) is 4.79 Å². The lowest BCUT2D eigenvalue weighted by Gasteiger charge is -2.25. The van der Waals surface area contributed by atoms with E-state index in [-0.39, 0.29) is 11.8 Å². The van der Waals surface area contributed by atoms with Crippen molar-refractivity contribution in [2.24, 2.45) is 11.8 Å². The Labute approximate surface area is 173 Å². The van der Waals surface area contributed by atoms with Crippen LogP contribution in [0, 0.1) is 25.7 Å². The van der Waals surface area contributed by atoms with Gasteiger partial charge in [0.2, 0.25) is 5.91 Å². The number of benzene rings is 1. The van der Waals surface area contributed by atoms with Crippen molar-refractivity contribution >= 4 is 17.4 Å². The maximum Gasteiger partial charge on any atom is 0.227 e. The van der Waals surface area contributed by atoms with E-state index in [0.717, 1.165) is 73.5 Å². The Morgan fingerprint density at radius 1 is 1.10 bits per heavy atom. The minimum Gasteiger partial charge on any atom is -0.354 e. The van der Waals surface area contributed by atoms with Gasteiger partial charge in [-0.05, 0) is 50.7 Å². The van der Waals surface area contributed by atoms with Crippen molar-refractivity contribution in [2.45, 2.75) is 59.3 Å². The van der Waals surface area contributed by atoms with Crippen molar-refractivity contribution < 1.29 is 4.79 Å². The number of carbonyl (C=O) groups excluding carboxylic acids is 1. The standard InChI is InChI=1S/C24H32N4O/c1-16-9-10-18(3)20(13-16)21-22(27-24(29)19-7-5-4-6-8-19)23(26-15-25-21)28-12-11-17(2)14-28/h9-10,13,15,17,19H,4-8,11-12,14H2,1-3H3,(H,27,29)/t17-/m0/s1. The van der Waals surface area contributed by atoms with Gasteiger partial charge in [0.15, 0.2) is 5.82 Å². The second kappa shape index (κ2) is 8.52. The first kappa shape index (κ1) is 19.9. The zero-order chi connectivity index (χ0) is 20.4. The van der Waals surface area contributed by atoms with Gasteiger partial charge in [0.25, 0.3) is 0 Å². The summed E-state index contributed by atoms with van der Waals surface area (Å²) in [7, 11) is 0. The van der Waals surface area contributed by atoms with Gasteiger partial charge in [-0.25, -0.2) is 9.97 Å². The number of aromatic nitrogens is 2. The van der Waals surface area contributed by atoms with Crippen LogP contribution in [0.5, 0.6) is 0 Å². The van der Waals surface area contributed by atoms with Crippen molar-refractivity contribution in [1.29, 1.82) is 0 Å². The number of carbonyl (C=O) groups is 1. The fourth-order valence-electron chi connectivity index (χ4n) is 4.64. The van der Waals surface area contributed by atoms with Gasteiger partial charge in [0.1, 0.15) is 12.0 Å². The molecular weight excluding hydrogens is 360 g/mol. The van der Waals surface area contributed by atoms with Crippen LogP contribution in [-0.4, -0.2) is 29.0 Å². The number of aryl methyl sites for hydroxylation is 2. The van der Waals surface area contributed by atoms with Crippen LogP contribution in [0.25, 0.3) is 11.3 Å². The molecule has 1 aliphatic carbocycles. The lowest BCUT2D eigenvalue weighted by molar-refractivity contribution is -0.120. The van der Waals surface area contributed by atoms with E-state index in [1.54, 1.807) is 6.33 Å². The maximum atomic E-state index is 13.1. The molecule has 4 rings (SSSR count). The van der Waals surface area contributed by atoms with Crippen molar-refractivity contribution in [1.82, 2.24) is 9.97 Å². The number of nitrogens with zero attached hydrogens (tertiary/aromatic N) is 3. The van der Waals surface area contributed by atoms with Crippen molar-refractivity contribution in [3.05, 3.63) is 35.7 Å². The molecule has 29 heavy (non-hydrogen) atoms. The normalized spacial score (nSPS) is 20.1. The molecular formula is C24H32N4O. The number of rotatable bonds is 4. The molecule has 5 nitrogen and oxygen atoms in total. The summed E-state index contributed by atoms with van der Waals surface area (Å²) < 4.78 is 0. The lowest BCUT2D eigenvalue weighted by atomic mass is 9.88. The molecule has 1 atom stereocenters. The van der Waals surface area contributed by atoms with Crippen LogP contribution in [0.15, 0.2) is 24.5 Å². The van der Waals surface area contributed by atoms with Crippen molar-refractivity contribution in [3.63, 3.8) is 0 Å². The molecule has 0 bridgehead atoms. The van der Waals surface area contributed by atoms with Crippen LogP contribution in [0.3, 0.4) is 0 Å². The predicted octanol–water partition coefficient (Wildman–Crippen LogP) is 5.13. The van der Waals surface area contributed by atoms with Crippen LogP contribution in [0.1, 0.15) is 56.6 Å². The van der Waals surface area contributed by atoms with E-state index in [0.29, 0.717) is 5.92 Å². The largest absolute Gasteiger partial charge is 0.354 e. The second-order valence-corrected chi connectivity index (χ2v) is 8.90. The summed E-state index contributed by atoms with van der Waals surface area (Å²) in [5.41, 5.74) is 5.03. The second-order valence-electron chi connectivity index (χ2n) is 8.90. The Balaban J connectivity index is 1.76. The highest BCUT2D eigenvalue weighted by molar-refractivity contribution is 6.00. The first-order valence-electron chi connectivity index (χ1n) is 11.0. The van der Waals surface area contributed by atoms with Crippen LogP contribution >= 0.6 is 0 Å². The molecule has 154 valence electrons. The third-order valence-electron chi connectivity index (χ3n) is 6.42. The topological polar surface area (TPSA) is 58.1 Å². The molecule has 2 fully saturated rings. The smallest absolute Gasteiger partial charge is 0.227 e. The molecule has 1 N–H and O–H groups in total. The maximum absolute atomic E-state index is 13.1. The van der Waals surface area contributed by atoms with E-state index < -0.39 is 0 Å². The highest BCUT2D eigenvalue weighted by Gasteiger charge is 2.28. The van der Waals surface area contributed by atoms with E-state index >= 15 is 0 Å². The Kier molecular flexibility index (Phi) is 5.84. The minimum absolute atomic E-state index is 0.0979. The first-order chi connectivity index (χ1) is 14.0. The van der Waals surface area contributed by atoms with Gasteiger partial charge in [-0.15, -0.1) is 0 Å². The minimum atomic E-state index is 0.0979. The number of nitrogens with one attached hydrogen (secondary N) is 1. The van der Waals surface area contributed by atoms with Gasteiger partial charge < -0.3 is 10.2 Å². The summed E-state index contributed by atoms with van der Waals surface area (Å²) in [6.45, 7) is 8.40. The summed E-state index contributed by atoms with van der Waals surface area (Å²) in [6, 6.07) is 6.39. The summed E-state index contributed by atoms with van der Waals surface area (Å²) in [5.74, 6) is 1.72. The average Bonchev–Trinajstić information content (AvgIpc) is 3.17. The fraction of sp³-hybridized carbons (Fsp3) is 0.542. The summed E-state index contributed by atoms with van der Waals surface area (Å²) in [4.78, 5) is 24.7. The van der Waals surface area contributed by atoms with E-state index in [2.05, 4.69) is 59.2 Å². The predicted molar refractivity (Wildman–Crippen MR) is 118 cm³/mol. The monoisotopic (exact) mass is 392 g/mol. The molecule has 1 aliphatic heterocycles. The van der Waals surface area contributed by atoms with Crippen LogP contribution in [0.4, 0.5) is 11.5 Å². The lowest BCUT2D eigenvalue weighted by Crippen LogP contribution is -2.28. The van der Waals surface area contributed by atoms with E-state index in [1.165, 1.54) is 12.0 Å². The quantitative estimate of drug-likeness (QED) is 0.784. The molecule has 1 amide bonds. The third-order valence-corrected chi connectivity index (χ3v) is 6.42. The highest BCUT2D eigenvalue weighted by atomic mass is 16.1. The summed E-state index contributed by atoms with van der Waals surface area (Å²) in [5, 5.41) is 3.28. The third kappa shape index (κ3) is 4.29. The van der Waals surface area contributed by atoms with Crippen molar-refractivity contribution in [2.75, 3.05) is 23.3 Å². The molecule has 0 radical (unpaired) electrons. The molecule has 1 aromatic carbocycles. The molecule has 1 saturated heterocycles. The van der Waals surface area contributed by atoms with Crippen LogP contribution in [0.2, 0.25) is 0 Å². The highest BCUT2D eigenvalue weighted by Crippen LogP contribution is 2.38. The average molecular weight is 393 g/mol. The fourth-order valence-corrected chi connectivity index (χ4v) is 4.64. The number of amides is 1. The first-order valence-corrected chi connectivity index (χ1v) is 11.0. The van der Waals surface area contributed by atoms with Crippen LogP contribution in [-0.2, 0) is 4.79 Å². The zero-order valence-corrected chi connectivity index (χ0v) is 17.9. The van der Waals surface area contributed by atoms with E-state index in [1.807, 2.05) is 0 Å². The molecule has 1 saturated carbocycles. The van der Waals surface area contributed by atoms with Gasteiger partial charge in [-0.2, -0.15) is 0 Å². The van der Waals surface area contributed by atoms with Gasteiger partial charge >= 0.3 is 0 Å². The molecule has 2 heterocycles. The molecule has 5 heteroatoms. The van der Waals surface area contributed by atoms with Gasteiger partial charge in [-0.1, -0.05) is 43.9 Å². The van der Waals surface area contributed by atoms with Crippen molar-refractivity contribution in [3.8, 4) is 11.3 Å². The Morgan fingerprint density at radius 2 is 1.90 bits per heavy atom. The molecule has 2 aromatic rings. The SMILES string of the molecule is Cc1ccc(C)c(-c2ncnc(N3CC[C@H](C)C3)c2NC(=O)C2CCCCC2)c1. The number of hydrogen-bond acceptors (Lipinski definition) is 4. The summed E-state index contributed by atoms with van der Waals surface area (Å²) >= 11 is 0. The van der Waals surface area contributed by atoms with Crippen LogP contribution < -0.4 is 10.2 Å². The van der Waals surface area contributed by atoms with Gasteiger partial charge in [0.05, 0.1) is 5.69 Å². The zero-order valence-electron chi connectivity index (χ0n) is 17.9. The number of anilines is 2. The van der Waals surface area contributed by atoms with E-state index in [9.17, 15) is 4.79 Å². The Bertz CT molecular complexity index is 888. The molecule has 1 aromatic heterocycles.